The highest BCUT2D eigenvalue weighted by molar-refractivity contribution is 5.99. The van der Waals surface area contributed by atoms with Crippen molar-refractivity contribution >= 4 is 23.0 Å². The zero-order valence-electron chi connectivity index (χ0n) is 13.3. The highest BCUT2D eigenvalue weighted by atomic mass is 16.2. The molecule has 1 amide bonds. The van der Waals surface area contributed by atoms with Crippen molar-refractivity contribution in [2.45, 2.75) is 19.4 Å². The van der Waals surface area contributed by atoms with Gasteiger partial charge in [-0.05, 0) is 37.1 Å². The van der Waals surface area contributed by atoms with E-state index < -0.39 is 0 Å². The second kappa shape index (κ2) is 5.61. The van der Waals surface area contributed by atoms with Crippen LogP contribution in [-0.2, 0) is 11.2 Å². The molecule has 2 aromatic carbocycles. The van der Waals surface area contributed by atoms with E-state index in [2.05, 4.69) is 41.4 Å². The van der Waals surface area contributed by atoms with Crippen molar-refractivity contribution in [2.75, 3.05) is 34.8 Å². The van der Waals surface area contributed by atoms with E-state index in [1.165, 1.54) is 5.56 Å². The zero-order valence-corrected chi connectivity index (χ0v) is 13.3. The van der Waals surface area contributed by atoms with Crippen LogP contribution in [0.1, 0.15) is 12.5 Å². The Kier molecular flexibility index (Phi) is 3.45. The number of anilines is 3. The van der Waals surface area contributed by atoms with Gasteiger partial charge in [0, 0.05) is 24.8 Å². The van der Waals surface area contributed by atoms with Gasteiger partial charge in [0.2, 0.25) is 5.91 Å². The molecule has 23 heavy (non-hydrogen) atoms. The lowest BCUT2D eigenvalue weighted by atomic mass is 10.1. The first-order valence-corrected chi connectivity index (χ1v) is 8.22. The van der Waals surface area contributed by atoms with E-state index >= 15 is 0 Å². The Hall–Kier alpha value is -2.49. The molecule has 118 valence electrons. The quantitative estimate of drug-likeness (QED) is 0.926. The van der Waals surface area contributed by atoms with Crippen molar-refractivity contribution in [3.8, 4) is 0 Å². The Morgan fingerprint density at radius 2 is 1.87 bits per heavy atom. The summed E-state index contributed by atoms with van der Waals surface area (Å²) in [5, 5.41) is 3.39. The average molecular weight is 307 g/mol. The van der Waals surface area contributed by atoms with Crippen molar-refractivity contribution < 1.29 is 4.79 Å². The maximum Gasteiger partial charge on any atom is 0.246 e. The average Bonchev–Trinajstić information content (AvgIpc) is 2.91. The van der Waals surface area contributed by atoms with Gasteiger partial charge in [-0.1, -0.05) is 30.3 Å². The van der Waals surface area contributed by atoms with Gasteiger partial charge in [0.1, 0.15) is 0 Å². The summed E-state index contributed by atoms with van der Waals surface area (Å²) < 4.78 is 0. The van der Waals surface area contributed by atoms with Crippen LogP contribution in [0, 0.1) is 0 Å². The van der Waals surface area contributed by atoms with Crippen molar-refractivity contribution in [3.63, 3.8) is 0 Å². The van der Waals surface area contributed by atoms with Crippen LogP contribution in [0.25, 0.3) is 0 Å². The number of fused-ring (bicyclic) bond motifs is 2. The SMILES string of the molecule is CC1Cc2ccccc2N1C(=O)CN1CCNc2ccccc21. The molecule has 2 aromatic rings. The smallest absolute Gasteiger partial charge is 0.246 e. The fourth-order valence-corrected chi connectivity index (χ4v) is 3.69. The minimum atomic E-state index is 0.180. The first-order chi connectivity index (χ1) is 11.2. The molecular weight excluding hydrogens is 286 g/mol. The number of hydrogen-bond acceptors (Lipinski definition) is 3. The van der Waals surface area contributed by atoms with E-state index in [4.69, 9.17) is 0 Å². The van der Waals surface area contributed by atoms with Gasteiger partial charge in [-0.2, -0.15) is 0 Å². The van der Waals surface area contributed by atoms with Crippen LogP contribution >= 0.6 is 0 Å². The minimum absolute atomic E-state index is 0.180. The molecule has 0 bridgehead atoms. The monoisotopic (exact) mass is 307 g/mol. The normalized spacial score (nSPS) is 19.1. The number of para-hydroxylation sites is 3. The molecule has 2 aliphatic rings. The number of hydrogen-bond donors (Lipinski definition) is 1. The number of amides is 1. The predicted molar refractivity (Wildman–Crippen MR) is 94.2 cm³/mol. The summed E-state index contributed by atoms with van der Waals surface area (Å²) in [5.41, 5.74) is 4.58. The van der Waals surface area contributed by atoms with Gasteiger partial charge in [-0.15, -0.1) is 0 Å². The fraction of sp³-hybridized carbons (Fsp3) is 0.316. The molecule has 1 N–H and O–H groups in total. The number of nitrogens with zero attached hydrogens (tertiary/aromatic N) is 2. The van der Waals surface area contributed by atoms with Crippen LogP contribution in [0.3, 0.4) is 0 Å². The molecule has 0 fully saturated rings. The molecule has 0 saturated heterocycles. The summed E-state index contributed by atoms with van der Waals surface area (Å²) >= 11 is 0. The van der Waals surface area contributed by atoms with Crippen LogP contribution in [0.2, 0.25) is 0 Å². The van der Waals surface area contributed by atoms with Gasteiger partial charge in [-0.3, -0.25) is 4.79 Å². The molecule has 4 heteroatoms. The van der Waals surface area contributed by atoms with Gasteiger partial charge < -0.3 is 15.1 Å². The highest BCUT2D eigenvalue weighted by Crippen LogP contribution is 2.33. The van der Waals surface area contributed by atoms with E-state index in [1.54, 1.807) is 0 Å². The Bertz CT molecular complexity index is 743. The Labute approximate surface area is 136 Å². The first kappa shape index (κ1) is 14.1. The maximum atomic E-state index is 13.0. The summed E-state index contributed by atoms with van der Waals surface area (Å²) in [6.45, 7) is 4.28. The van der Waals surface area contributed by atoms with Crippen molar-refractivity contribution in [3.05, 3.63) is 54.1 Å². The topological polar surface area (TPSA) is 35.6 Å². The van der Waals surface area contributed by atoms with Crippen LogP contribution in [0.5, 0.6) is 0 Å². The van der Waals surface area contributed by atoms with Gasteiger partial charge in [-0.25, -0.2) is 0 Å². The number of rotatable bonds is 2. The van der Waals surface area contributed by atoms with Gasteiger partial charge in [0.15, 0.2) is 0 Å². The standard InChI is InChI=1S/C19H21N3O/c1-14-12-15-6-2-4-8-17(15)22(14)19(23)13-21-11-10-20-16-7-3-5-9-18(16)21/h2-9,14,20H,10-13H2,1H3. The third kappa shape index (κ3) is 2.44. The van der Waals surface area contributed by atoms with Crippen LogP contribution < -0.4 is 15.1 Å². The molecule has 0 radical (unpaired) electrons. The van der Waals surface area contributed by atoms with Crippen LogP contribution in [0.4, 0.5) is 17.1 Å². The van der Waals surface area contributed by atoms with Crippen molar-refractivity contribution in [1.29, 1.82) is 0 Å². The third-order valence-electron chi connectivity index (χ3n) is 4.74. The molecule has 0 aliphatic carbocycles. The number of nitrogens with one attached hydrogen (secondary N) is 1. The zero-order chi connectivity index (χ0) is 15.8. The summed E-state index contributed by atoms with van der Waals surface area (Å²) in [4.78, 5) is 17.1. The summed E-state index contributed by atoms with van der Waals surface area (Å²) in [5.74, 6) is 0.180. The van der Waals surface area contributed by atoms with E-state index in [9.17, 15) is 4.79 Å². The lowest BCUT2D eigenvalue weighted by Crippen LogP contribution is -2.45. The van der Waals surface area contributed by atoms with E-state index in [0.29, 0.717) is 6.54 Å². The highest BCUT2D eigenvalue weighted by Gasteiger charge is 2.31. The maximum absolute atomic E-state index is 13.0. The van der Waals surface area contributed by atoms with Crippen molar-refractivity contribution in [1.82, 2.24) is 0 Å². The van der Waals surface area contributed by atoms with Crippen LogP contribution in [-0.4, -0.2) is 31.6 Å². The summed E-state index contributed by atoms with van der Waals surface area (Å²) in [6, 6.07) is 16.7. The predicted octanol–water partition coefficient (Wildman–Crippen LogP) is 2.90. The molecule has 1 atom stereocenters. The molecular formula is C19H21N3O. The molecule has 2 heterocycles. The van der Waals surface area contributed by atoms with E-state index in [-0.39, 0.29) is 11.9 Å². The fourth-order valence-electron chi connectivity index (χ4n) is 3.69. The number of carbonyl (C=O) groups is 1. The number of carbonyl (C=O) groups excluding carboxylic acids is 1. The third-order valence-corrected chi connectivity index (χ3v) is 4.74. The second-order valence-electron chi connectivity index (χ2n) is 6.31. The van der Waals surface area contributed by atoms with Gasteiger partial charge >= 0.3 is 0 Å². The van der Waals surface area contributed by atoms with Gasteiger partial charge in [0.05, 0.1) is 17.9 Å². The van der Waals surface area contributed by atoms with Crippen molar-refractivity contribution in [2.24, 2.45) is 0 Å². The Balaban J connectivity index is 1.58. The molecule has 4 rings (SSSR count). The largest absolute Gasteiger partial charge is 0.382 e. The summed E-state index contributed by atoms with van der Waals surface area (Å²) in [7, 11) is 0. The minimum Gasteiger partial charge on any atom is -0.382 e. The lowest BCUT2D eigenvalue weighted by Gasteiger charge is -2.33. The molecule has 4 nitrogen and oxygen atoms in total. The summed E-state index contributed by atoms with van der Waals surface area (Å²) in [6.07, 6.45) is 0.944. The Morgan fingerprint density at radius 1 is 1.13 bits per heavy atom. The molecule has 2 aliphatic heterocycles. The number of benzene rings is 2. The van der Waals surface area contributed by atoms with Gasteiger partial charge in [0.25, 0.3) is 0 Å². The molecule has 1 unspecified atom stereocenters. The first-order valence-electron chi connectivity index (χ1n) is 8.22. The lowest BCUT2D eigenvalue weighted by molar-refractivity contribution is -0.117. The Morgan fingerprint density at radius 3 is 2.74 bits per heavy atom. The van der Waals surface area contributed by atoms with Crippen LogP contribution in [0.15, 0.2) is 48.5 Å². The van der Waals surface area contributed by atoms with E-state index in [0.717, 1.165) is 36.6 Å². The molecule has 0 spiro atoms. The van der Waals surface area contributed by atoms with E-state index in [1.807, 2.05) is 29.2 Å². The molecule has 0 saturated carbocycles. The second-order valence-corrected chi connectivity index (χ2v) is 6.31. The molecule has 0 aromatic heterocycles.